The summed E-state index contributed by atoms with van der Waals surface area (Å²) >= 11 is 17.8. The summed E-state index contributed by atoms with van der Waals surface area (Å²) in [7, 11) is 0. The molecule has 4 aromatic rings. The number of benzene rings is 2. The number of alkyl halides is 3. The van der Waals surface area contributed by atoms with Crippen LogP contribution in [0.1, 0.15) is 54.2 Å². The van der Waals surface area contributed by atoms with Gasteiger partial charge in [-0.2, -0.15) is 10.1 Å². The number of halogens is 3. The maximum atomic E-state index is 13.2. The molecular formula is C26H25Cl3N4O3. The summed E-state index contributed by atoms with van der Waals surface area (Å²) < 4.78 is 10.5. The molecule has 2 aromatic heterocycles. The average Bonchev–Trinajstić information content (AvgIpc) is 3.52. The lowest BCUT2D eigenvalue weighted by Gasteiger charge is -2.18. The summed E-state index contributed by atoms with van der Waals surface area (Å²) in [5, 5.41) is 8.61. The molecule has 4 rings (SSSR count). The van der Waals surface area contributed by atoms with Crippen LogP contribution in [-0.2, 0) is 15.0 Å². The Hall–Kier alpha value is -2.87. The normalized spacial score (nSPS) is 11.6. The average molecular weight is 548 g/mol. The Morgan fingerprint density at radius 1 is 1.11 bits per heavy atom. The molecule has 0 saturated carbocycles. The second kappa shape index (κ2) is 11.0. The number of hydrogen-bond donors (Lipinski definition) is 0. The van der Waals surface area contributed by atoms with Crippen LogP contribution in [0.4, 0.5) is 0 Å². The SMILES string of the molecule is CCCCc1cc(-c2ccccc2-c2noc(C(Cl)(Cl)Cl)n2)cc(C(=O)OCC)c1-n1ccc(C)n1. The van der Waals surface area contributed by atoms with Crippen LogP contribution in [0.3, 0.4) is 0 Å². The summed E-state index contributed by atoms with van der Waals surface area (Å²) in [5.74, 6) is -0.278. The fraction of sp³-hybridized carbons (Fsp3) is 0.308. The highest BCUT2D eigenvalue weighted by Gasteiger charge is 2.31. The Morgan fingerprint density at radius 2 is 1.86 bits per heavy atom. The van der Waals surface area contributed by atoms with E-state index < -0.39 is 9.76 Å². The molecule has 2 aromatic carbocycles. The number of rotatable bonds is 8. The molecule has 10 heteroatoms. The molecule has 0 amide bonds. The van der Waals surface area contributed by atoms with Crippen LogP contribution >= 0.6 is 34.8 Å². The second-order valence-electron chi connectivity index (χ2n) is 8.22. The Morgan fingerprint density at radius 3 is 2.47 bits per heavy atom. The molecule has 0 aliphatic carbocycles. The number of hydrogen-bond acceptors (Lipinski definition) is 6. The van der Waals surface area contributed by atoms with Crippen LogP contribution in [-0.4, -0.2) is 32.5 Å². The van der Waals surface area contributed by atoms with Crippen molar-refractivity contribution in [3.8, 4) is 28.2 Å². The van der Waals surface area contributed by atoms with E-state index in [9.17, 15) is 4.79 Å². The first-order chi connectivity index (χ1) is 17.2. The third-order valence-corrected chi connectivity index (χ3v) is 6.07. The second-order valence-corrected chi connectivity index (χ2v) is 10.5. The largest absolute Gasteiger partial charge is 0.462 e. The van der Waals surface area contributed by atoms with Crippen molar-refractivity contribution < 1.29 is 14.1 Å². The molecule has 7 nitrogen and oxygen atoms in total. The lowest BCUT2D eigenvalue weighted by Crippen LogP contribution is -2.13. The third kappa shape index (κ3) is 5.59. The quantitative estimate of drug-likeness (QED) is 0.171. The Balaban J connectivity index is 1.93. The van der Waals surface area contributed by atoms with Crippen molar-refractivity contribution >= 4 is 40.8 Å². The maximum Gasteiger partial charge on any atom is 0.340 e. The van der Waals surface area contributed by atoms with Crippen molar-refractivity contribution in [1.29, 1.82) is 0 Å². The Kier molecular flexibility index (Phi) is 8.03. The number of ether oxygens (including phenoxy) is 1. The zero-order valence-electron chi connectivity index (χ0n) is 20.1. The zero-order chi connectivity index (χ0) is 25.9. The lowest BCUT2D eigenvalue weighted by atomic mass is 9.92. The van der Waals surface area contributed by atoms with E-state index in [4.69, 9.17) is 44.1 Å². The van der Waals surface area contributed by atoms with Gasteiger partial charge in [0.25, 0.3) is 9.68 Å². The van der Waals surface area contributed by atoms with Gasteiger partial charge in [0, 0.05) is 11.8 Å². The van der Waals surface area contributed by atoms with E-state index >= 15 is 0 Å². The van der Waals surface area contributed by atoms with Crippen LogP contribution in [0.25, 0.3) is 28.2 Å². The van der Waals surface area contributed by atoms with Crippen molar-refractivity contribution in [2.75, 3.05) is 6.61 Å². The van der Waals surface area contributed by atoms with Gasteiger partial charge < -0.3 is 9.26 Å². The molecule has 0 atom stereocenters. The first-order valence-electron chi connectivity index (χ1n) is 11.6. The van der Waals surface area contributed by atoms with Crippen molar-refractivity contribution in [3.05, 3.63) is 71.4 Å². The number of unbranched alkanes of at least 4 members (excludes halogenated alkanes) is 1. The van der Waals surface area contributed by atoms with Gasteiger partial charge in [-0.25, -0.2) is 9.48 Å². The summed E-state index contributed by atoms with van der Waals surface area (Å²) in [4.78, 5) is 17.5. The zero-order valence-corrected chi connectivity index (χ0v) is 22.4. The van der Waals surface area contributed by atoms with Crippen LogP contribution in [0, 0.1) is 6.92 Å². The number of carbonyl (C=O) groups excluding carboxylic acids is 1. The lowest BCUT2D eigenvalue weighted by molar-refractivity contribution is 0.0526. The van der Waals surface area contributed by atoms with E-state index in [-0.39, 0.29) is 18.3 Å². The fourth-order valence-corrected chi connectivity index (χ4v) is 4.19. The molecule has 0 fully saturated rings. The van der Waals surface area contributed by atoms with Gasteiger partial charge in [-0.3, -0.25) is 0 Å². The van der Waals surface area contributed by atoms with E-state index in [1.54, 1.807) is 11.6 Å². The summed E-state index contributed by atoms with van der Waals surface area (Å²) in [6, 6.07) is 13.3. The summed E-state index contributed by atoms with van der Waals surface area (Å²) in [6.45, 7) is 6.07. The Labute approximate surface area is 224 Å². The molecule has 0 radical (unpaired) electrons. The first-order valence-corrected chi connectivity index (χ1v) is 12.7. The minimum atomic E-state index is -1.84. The standard InChI is InChI=1S/C26H25Cl3N4O3/c1-4-6-9-17-14-18(15-21(24(34)35-5-2)22(17)33-13-12-16(3)31-33)19-10-7-8-11-20(19)23-30-25(36-32-23)26(27,28)29/h7-8,10-15H,4-6,9H2,1-3H3. The molecule has 36 heavy (non-hydrogen) atoms. The van der Waals surface area contributed by atoms with Crippen LogP contribution in [0.5, 0.6) is 0 Å². The van der Waals surface area contributed by atoms with Gasteiger partial charge in [-0.1, -0.05) is 77.6 Å². The maximum absolute atomic E-state index is 13.2. The predicted molar refractivity (Wildman–Crippen MR) is 141 cm³/mol. The highest BCUT2D eigenvalue weighted by molar-refractivity contribution is 6.66. The highest BCUT2D eigenvalue weighted by atomic mass is 35.6. The molecule has 0 bridgehead atoms. The summed E-state index contributed by atoms with van der Waals surface area (Å²) in [5.41, 5.74) is 5.23. The molecular weight excluding hydrogens is 523 g/mol. The molecule has 2 heterocycles. The van der Waals surface area contributed by atoms with Gasteiger partial charge in [-0.15, -0.1) is 0 Å². The van der Waals surface area contributed by atoms with Gasteiger partial charge in [0.15, 0.2) is 0 Å². The molecule has 0 N–H and O–H groups in total. The minimum Gasteiger partial charge on any atom is -0.462 e. The number of carbonyl (C=O) groups is 1. The highest BCUT2D eigenvalue weighted by Crippen LogP contribution is 2.39. The molecule has 0 unspecified atom stereocenters. The number of esters is 1. The first kappa shape index (κ1) is 26.2. The predicted octanol–water partition coefficient (Wildman–Crippen LogP) is 7.24. The van der Waals surface area contributed by atoms with Crippen LogP contribution in [0.2, 0.25) is 0 Å². The molecule has 188 valence electrons. The number of nitrogens with zero attached hydrogens (tertiary/aromatic N) is 4. The molecule has 0 aliphatic rings. The minimum absolute atomic E-state index is 0.127. The van der Waals surface area contributed by atoms with Crippen molar-refractivity contribution in [2.24, 2.45) is 0 Å². The number of aromatic nitrogens is 4. The van der Waals surface area contributed by atoms with Gasteiger partial charge in [0.05, 0.1) is 23.6 Å². The smallest absolute Gasteiger partial charge is 0.340 e. The van der Waals surface area contributed by atoms with Gasteiger partial charge in [0.1, 0.15) is 0 Å². The fourth-order valence-electron chi connectivity index (χ4n) is 3.96. The van der Waals surface area contributed by atoms with E-state index in [1.165, 1.54) is 0 Å². The monoisotopic (exact) mass is 546 g/mol. The van der Waals surface area contributed by atoms with Crippen LogP contribution < -0.4 is 0 Å². The van der Waals surface area contributed by atoms with E-state index in [1.807, 2.05) is 49.5 Å². The molecule has 0 aliphatic heterocycles. The van der Waals surface area contributed by atoms with Gasteiger partial charge in [-0.05, 0) is 61.6 Å². The molecule has 0 spiro atoms. The van der Waals surface area contributed by atoms with E-state index in [0.717, 1.165) is 41.6 Å². The Bertz CT molecular complexity index is 1380. The van der Waals surface area contributed by atoms with Crippen molar-refractivity contribution in [1.82, 2.24) is 19.9 Å². The van der Waals surface area contributed by atoms with Crippen molar-refractivity contribution in [3.63, 3.8) is 0 Å². The molecule has 0 saturated heterocycles. The third-order valence-electron chi connectivity index (χ3n) is 5.58. The van der Waals surface area contributed by atoms with Crippen LogP contribution in [0.15, 0.2) is 53.2 Å². The van der Waals surface area contributed by atoms with Gasteiger partial charge in [0.2, 0.25) is 5.82 Å². The van der Waals surface area contributed by atoms with E-state index in [2.05, 4.69) is 28.2 Å². The van der Waals surface area contributed by atoms with Crippen molar-refractivity contribution in [2.45, 2.75) is 43.8 Å². The topological polar surface area (TPSA) is 83.0 Å². The summed E-state index contributed by atoms with van der Waals surface area (Å²) in [6.07, 6.45) is 4.55. The van der Waals surface area contributed by atoms with E-state index in [0.29, 0.717) is 16.8 Å². The van der Waals surface area contributed by atoms with Gasteiger partial charge >= 0.3 is 5.97 Å². The number of aryl methyl sites for hydroxylation is 2.